The molecule has 1 aliphatic carbocycles. The van der Waals surface area contributed by atoms with E-state index < -0.39 is 23.8 Å². The summed E-state index contributed by atoms with van der Waals surface area (Å²) in [5, 5.41) is 9.03. The van der Waals surface area contributed by atoms with E-state index in [2.05, 4.69) is 16.0 Å². The van der Waals surface area contributed by atoms with Crippen LogP contribution in [0, 0.1) is 17.8 Å². The molecular formula is C20H22N4O4. The van der Waals surface area contributed by atoms with Crippen LogP contribution in [0.15, 0.2) is 18.2 Å². The molecule has 3 aliphatic heterocycles. The number of carbonyl (C=O) groups excluding carboxylic acids is 4. The zero-order valence-electron chi connectivity index (χ0n) is 15.4. The van der Waals surface area contributed by atoms with E-state index in [0.29, 0.717) is 23.6 Å². The molecule has 1 saturated carbocycles. The number of nitrogens with one attached hydrogen (secondary N) is 3. The van der Waals surface area contributed by atoms with E-state index in [1.165, 1.54) is 0 Å². The SMILES string of the molecule is O=C1CCC(N2C(=O)c3cccc(CNCC4[C@H]5CNC[C@@H]45)c3C2=O)C(=O)N1. The van der Waals surface area contributed by atoms with E-state index in [-0.39, 0.29) is 18.7 Å². The number of hydrogen-bond donors (Lipinski definition) is 3. The van der Waals surface area contributed by atoms with Crippen molar-refractivity contribution in [1.82, 2.24) is 20.9 Å². The van der Waals surface area contributed by atoms with Gasteiger partial charge in [0.1, 0.15) is 6.04 Å². The van der Waals surface area contributed by atoms with Crippen LogP contribution >= 0.6 is 0 Å². The fraction of sp³-hybridized carbons (Fsp3) is 0.500. The third kappa shape index (κ3) is 2.67. The number of amides is 4. The summed E-state index contributed by atoms with van der Waals surface area (Å²) in [6, 6.07) is 4.32. The molecule has 4 atom stereocenters. The fourth-order valence-electron chi connectivity index (χ4n) is 4.96. The Balaban J connectivity index is 1.31. The summed E-state index contributed by atoms with van der Waals surface area (Å²) in [5.74, 6) is 0.358. The lowest BCUT2D eigenvalue weighted by Crippen LogP contribution is -2.54. The Morgan fingerprint density at radius 2 is 1.86 bits per heavy atom. The monoisotopic (exact) mass is 382 g/mol. The predicted molar refractivity (Wildman–Crippen MR) is 98.2 cm³/mol. The van der Waals surface area contributed by atoms with Crippen molar-refractivity contribution < 1.29 is 19.2 Å². The van der Waals surface area contributed by atoms with Gasteiger partial charge in [0, 0.05) is 13.0 Å². The van der Waals surface area contributed by atoms with Gasteiger partial charge in [-0.1, -0.05) is 12.1 Å². The first-order valence-electron chi connectivity index (χ1n) is 9.81. The lowest BCUT2D eigenvalue weighted by molar-refractivity contribution is -0.136. The first kappa shape index (κ1) is 17.5. The second-order valence-corrected chi connectivity index (χ2v) is 8.07. The second kappa shape index (κ2) is 6.49. The Bertz CT molecular complexity index is 888. The van der Waals surface area contributed by atoms with Crippen LogP contribution in [0.4, 0.5) is 0 Å². The molecule has 0 spiro atoms. The van der Waals surface area contributed by atoms with Gasteiger partial charge in [-0.25, -0.2) is 0 Å². The molecule has 0 bridgehead atoms. The third-order valence-corrected chi connectivity index (χ3v) is 6.52. The summed E-state index contributed by atoms with van der Waals surface area (Å²) in [6.45, 7) is 3.59. The zero-order valence-corrected chi connectivity index (χ0v) is 15.4. The molecule has 0 radical (unpaired) electrons. The van der Waals surface area contributed by atoms with Gasteiger partial charge in [-0.3, -0.25) is 29.4 Å². The van der Waals surface area contributed by atoms with Crippen molar-refractivity contribution >= 4 is 23.6 Å². The van der Waals surface area contributed by atoms with Crippen molar-refractivity contribution in [2.24, 2.45) is 17.8 Å². The van der Waals surface area contributed by atoms with Crippen molar-refractivity contribution in [3.05, 3.63) is 34.9 Å². The summed E-state index contributed by atoms with van der Waals surface area (Å²) >= 11 is 0. The van der Waals surface area contributed by atoms with Crippen LogP contribution < -0.4 is 16.0 Å². The molecule has 8 heteroatoms. The van der Waals surface area contributed by atoms with Gasteiger partial charge in [0.05, 0.1) is 11.1 Å². The summed E-state index contributed by atoms with van der Waals surface area (Å²) in [4.78, 5) is 50.4. The lowest BCUT2D eigenvalue weighted by Gasteiger charge is -2.27. The molecule has 28 heavy (non-hydrogen) atoms. The number of benzene rings is 1. The standard InChI is InChI=1S/C20H22N4O4/c25-16-5-4-15(18(26)23-16)24-19(27)11-3-1-2-10(17(11)20(24)28)6-21-7-12-13-8-22-9-14(12)13/h1-3,12-15,21-22H,4-9H2,(H,23,25,26)/t12?,13-,14+,15?. The normalized spacial score (nSPS) is 31.1. The first-order valence-corrected chi connectivity index (χ1v) is 9.81. The number of rotatable bonds is 5. The summed E-state index contributed by atoms with van der Waals surface area (Å²) in [7, 11) is 0. The third-order valence-electron chi connectivity index (χ3n) is 6.52. The van der Waals surface area contributed by atoms with Crippen LogP contribution in [0.25, 0.3) is 0 Å². The van der Waals surface area contributed by atoms with Gasteiger partial charge in [0.2, 0.25) is 11.8 Å². The molecule has 4 aliphatic rings. The van der Waals surface area contributed by atoms with Crippen LogP contribution in [0.3, 0.4) is 0 Å². The minimum atomic E-state index is -0.927. The van der Waals surface area contributed by atoms with Crippen LogP contribution in [-0.4, -0.2) is 54.2 Å². The van der Waals surface area contributed by atoms with E-state index in [4.69, 9.17) is 0 Å². The van der Waals surface area contributed by atoms with Crippen molar-refractivity contribution in [2.45, 2.75) is 25.4 Å². The quantitative estimate of drug-likeness (QED) is 0.601. The van der Waals surface area contributed by atoms with Crippen LogP contribution in [-0.2, 0) is 16.1 Å². The van der Waals surface area contributed by atoms with Gasteiger partial charge in [-0.2, -0.15) is 0 Å². The Hall–Kier alpha value is -2.58. The molecule has 1 aromatic rings. The maximum absolute atomic E-state index is 13.0. The fourth-order valence-corrected chi connectivity index (χ4v) is 4.96. The van der Waals surface area contributed by atoms with Gasteiger partial charge >= 0.3 is 0 Å². The van der Waals surface area contributed by atoms with Crippen molar-refractivity contribution in [3.8, 4) is 0 Å². The highest BCUT2D eigenvalue weighted by molar-refractivity contribution is 6.24. The molecule has 1 aromatic carbocycles. The van der Waals surface area contributed by atoms with Crippen molar-refractivity contribution in [2.75, 3.05) is 19.6 Å². The van der Waals surface area contributed by atoms with Gasteiger partial charge < -0.3 is 10.6 Å². The number of imide groups is 2. The van der Waals surface area contributed by atoms with E-state index >= 15 is 0 Å². The molecule has 3 fully saturated rings. The van der Waals surface area contributed by atoms with Crippen LogP contribution in [0.2, 0.25) is 0 Å². The summed E-state index contributed by atoms with van der Waals surface area (Å²) in [5.41, 5.74) is 1.48. The molecule has 3 heterocycles. The molecular weight excluding hydrogens is 360 g/mol. The topological polar surface area (TPSA) is 108 Å². The number of carbonyl (C=O) groups is 4. The van der Waals surface area contributed by atoms with Gasteiger partial charge in [-0.05, 0) is 55.4 Å². The average molecular weight is 382 g/mol. The molecule has 2 unspecified atom stereocenters. The van der Waals surface area contributed by atoms with Gasteiger partial charge in [0.15, 0.2) is 0 Å². The number of piperidine rings is 2. The first-order chi connectivity index (χ1) is 13.6. The molecule has 5 rings (SSSR count). The molecule has 0 aromatic heterocycles. The highest BCUT2D eigenvalue weighted by Crippen LogP contribution is 2.48. The maximum atomic E-state index is 13.0. The minimum absolute atomic E-state index is 0.122. The average Bonchev–Trinajstić information content (AvgIpc) is 2.99. The molecule has 3 N–H and O–H groups in total. The highest BCUT2D eigenvalue weighted by Gasteiger charge is 2.52. The van der Waals surface area contributed by atoms with Crippen LogP contribution in [0.5, 0.6) is 0 Å². The largest absolute Gasteiger partial charge is 0.316 e. The van der Waals surface area contributed by atoms with Crippen molar-refractivity contribution in [1.29, 1.82) is 0 Å². The number of hydrogen-bond acceptors (Lipinski definition) is 6. The molecule has 8 nitrogen and oxygen atoms in total. The second-order valence-electron chi connectivity index (χ2n) is 8.07. The van der Waals surface area contributed by atoms with E-state index in [9.17, 15) is 19.2 Å². The number of fused-ring (bicyclic) bond motifs is 2. The highest BCUT2D eigenvalue weighted by atomic mass is 16.2. The van der Waals surface area contributed by atoms with Gasteiger partial charge in [0.25, 0.3) is 11.8 Å². The number of nitrogens with zero attached hydrogens (tertiary/aromatic N) is 1. The van der Waals surface area contributed by atoms with E-state index in [1.54, 1.807) is 12.1 Å². The molecule has 146 valence electrons. The summed E-state index contributed by atoms with van der Waals surface area (Å²) in [6.07, 6.45) is 0.291. The van der Waals surface area contributed by atoms with Crippen molar-refractivity contribution in [3.63, 3.8) is 0 Å². The lowest BCUT2D eigenvalue weighted by atomic mass is 10.0. The maximum Gasteiger partial charge on any atom is 0.262 e. The predicted octanol–water partition coefficient (Wildman–Crippen LogP) is -0.357. The van der Waals surface area contributed by atoms with E-state index in [0.717, 1.165) is 41.9 Å². The Morgan fingerprint density at radius 3 is 2.61 bits per heavy atom. The van der Waals surface area contributed by atoms with Gasteiger partial charge in [-0.15, -0.1) is 0 Å². The summed E-state index contributed by atoms with van der Waals surface area (Å²) < 4.78 is 0. The zero-order chi connectivity index (χ0) is 19.4. The Kier molecular flexibility index (Phi) is 4.06. The van der Waals surface area contributed by atoms with E-state index in [1.807, 2.05) is 6.07 Å². The molecule has 2 saturated heterocycles. The smallest absolute Gasteiger partial charge is 0.262 e. The Morgan fingerprint density at radius 1 is 1.07 bits per heavy atom. The van der Waals surface area contributed by atoms with Crippen LogP contribution in [0.1, 0.15) is 39.1 Å². The Labute approximate surface area is 162 Å². The minimum Gasteiger partial charge on any atom is -0.316 e. The molecule has 4 amide bonds.